The van der Waals surface area contributed by atoms with E-state index in [0.717, 1.165) is 0 Å². The zero-order valence-corrected chi connectivity index (χ0v) is 4.26. The second-order valence-corrected chi connectivity index (χ2v) is 2.63. The molecule has 2 rings (SSSR count). The van der Waals surface area contributed by atoms with Crippen LogP contribution in [0.15, 0.2) is 4.99 Å². The minimum absolute atomic E-state index is 0.0556. The fourth-order valence-electron chi connectivity index (χ4n) is 1.12. The van der Waals surface area contributed by atoms with E-state index in [-0.39, 0.29) is 5.54 Å². The first-order valence-corrected chi connectivity index (χ1v) is 2.55. The van der Waals surface area contributed by atoms with Gasteiger partial charge in [-0.1, -0.05) is 0 Å². The molecule has 7 heavy (non-hydrogen) atoms. The van der Waals surface area contributed by atoms with Crippen LogP contribution < -0.4 is 5.73 Å². The summed E-state index contributed by atoms with van der Waals surface area (Å²) in [6.07, 6.45) is 1.95. The molecule has 0 saturated heterocycles. The van der Waals surface area contributed by atoms with Gasteiger partial charge in [0.2, 0.25) is 0 Å². The summed E-state index contributed by atoms with van der Waals surface area (Å²) in [4.78, 5) is 4.05. The van der Waals surface area contributed by atoms with Gasteiger partial charge in [0.25, 0.3) is 0 Å². The minimum Gasteiger partial charge on any atom is -0.323 e. The molecule has 0 aromatic heterocycles. The Morgan fingerprint density at radius 1 is 1.86 bits per heavy atom. The molecule has 1 saturated carbocycles. The van der Waals surface area contributed by atoms with Crippen LogP contribution in [0.2, 0.25) is 0 Å². The Labute approximate surface area is 42.4 Å². The summed E-state index contributed by atoms with van der Waals surface area (Å²) >= 11 is 0. The largest absolute Gasteiger partial charge is 0.323 e. The highest BCUT2D eigenvalue weighted by Gasteiger charge is 2.62. The van der Waals surface area contributed by atoms with Gasteiger partial charge in [0.15, 0.2) is 0 Å². The topological polar surface area (TPSA) is 38.4 Å². The molecular formula is C5H8N2. The van der Waals surface area contributed by atoms with Crippen LogP contribution in [-0.2, 0) is 0 Å². The van der Waals surface area contributed by atoms with Crippen LogP contribution in [0.1, 0.15) is 6.92 Å². The fourth-order valence-corrected chi connectivity index (χ4v) is 1.12. The van der Waals surface area contributed by atoms with Gasteiger partial charge in [0.1, 0.15) is 0 Å². The second kappa shape index (κ2) is 0.650. The van der Waals surface area contributed by atoms with E-state index < -0.39 is 0 Å². The third kappa shape index (κ3) is 0.214. The Morgan fingerprint density at radius 3 is 2.43 bits per heavy atom. The van der Waals surface area contributed by atoms with Crippen LogP contribution in [0.3, 0.4) is 0 Å². The van der Waals surface area contributed by atoms with Gasteiger partial charge in [-0.05, 0) is 6.92 Å². The molecule has 2 N–H and O–H groups in total. The average molecular weight is 96.1 g/mol. The molecule has 1 aliphatic heterocycles. The van der Waals surface area contributed by atoms with Gasteiger partial charge < -0.3 is 5.73 Å². The van der Waals surface area contributed by atoms with Gasteiger partial charge in [-0.3, -0.25) is 4.99 Å². The number of nitrogens with two attached hydrogens (primary N) is 1. The molecule has 1 fully saturated rings. The maximum Gasteiger partial charge on any atom is 0.0775 e. The zero-order chi connectivity index (χ0) is 5.07. The van der Waals surface area contributed by atoms with Crippen LogP contribution in [0.25, 0.3) is 0 Å². The van der Waals surface area contributed by atoms with Crippen molar-refractivity contribution in [2.45, 2.75) is 18.5 Å². The van der Waals surface area contributed by atoms with Gasteiger partial charge in [0, 0.05) is 17.7 Å². The highest BCUT2D eigenvalue weighted by Crippen LogP contribution is 2.48. The summed E-state index contributed by atoms with van der Waals surface area (Å²) in [6.45, 7) is 2.05. The molecule has 0 bridgehead atoms. The maximum absolute atomic E-state index is 5.69. The quantitative estimate of drug-likeness (QED) is 0.445. The number of aliphatic imine (C=N–C) groups is 1. The van der Waals surface area contributed by atoms with E-state index in [1.165, 1.54) is 0 Å². The number of nitrogens with zero attached hydrogens (tertiary/aromatic N) is 1. The molecule has 3 atom stereocenters. The summed E-state index contributed by atoms with van der Waals surface area (Å²) < 4.78 is 0. The predicted molar refractivity (Wildman–Crippen MR) is 28.4 cm³/mol. The molecule has 2 nitrogen and oxygen atoms in total. The summed E-state index contributed by atoms with van der Waals surface area (Å²) in [5, 5.41) is 0. The Morgan fingerprint density at radius 2 is 2.43 bits per heavy atom. The van der Waals surface area contributed by atoms with Crippen molar-refractivity contribution in [2.75, 3.05) is 0 Å². The van der Waals surface area contributed by atoms with Crippen molar-refractivity contribution in [3.8, 4) is 0 Å². The van der Waals surface area contributed by atoms with Crippen molar-refractivity contribution >= 4 is 6.21 Å². The monoisotopic (exact) mass is 96.1 g/mol. The molecule has 38 valence electrons. The summed E-state index contributed by atoms with van der Waals surface area (Å²) in [6, 6.07) is 0.493. The SMILES string of the molecule is CC1(N)C2C=NC21. The first-order chi connectivity index (χ1) is 3.23. The van der Waals surface area contributed by atoms with E-state index in [1.807, 2.05) is 6.21 Å². The molecule has 0 amide bonds. The van der Waals surface area contributed by atoms with Gasteiger partial charge in [-0.25, -0.2) is 0 Å². The van der Waals surface area contributed by atoms with E-state index in [1.54, 1.807) is 0 Å². The first kappa shape index (κ1) is 3.61. The van der Waals surface area contributed by atoms with Crippen molar-refractivity contribution in [1.29, 1.82) is 0 Å². The maximum atomic E-state index is 5.69. The van der Waals surface area contributed by atoms with Gasteiger partial charge in [-0.15, -0.1) is 0 Å². The van der Waals surface area contributed by atoms with Crippen molar-refractivity contribution in [3.63, 3.8) is 0 Å². The first-order valence-electron chi connectivity index (χ1n) is 2.55. The summed E-state index contributed by atoms with van der Waals surface area (Å²) in [5.74, 6) is 0.632. The molecule has 0 radical (unpaired) electrons. The highest BCUT2D eigenvalue weighted by molar-refractivity contribution is 5.78. The number of hydrogen-bond acceptors (Lipinski definition) is 2. The zero-order valence-electron chi connectivity index (χ0n) is 4.26. The molecule has 2 aliphatic rings. The molecule has 0 aromatic rings. The summed E-state index contributed by atoms with van der Waals surface area (Å²) in [5.41, 5.74) is 5.75. The number of fused-ring (bicyclic) bond motifs is 1. The number of hydrogen-bond donors (Lipinski definition) is 1. The molecule has 0 aromatic carbocycles. The smallest absolute Gasteiger partial charge is 0.0775 e. The Balaban J connectivity index is 2.28. The Kier molecular flexibility index (Phi) is 0.335. The highest BCUT2D eigenvalue weighted by atomic mass is 15.1. The van der Waals surface area contributed by atoms with Crippen LogP contribution in [0, 0.1) is 5.92 Å². The molecule has 1 aliphatic carbocycles. The molecule has 1 heterocycles. The van der Waals surface area contributed by atoms with Crippen molar-refractivity contribution < 1.29 is 0 Å². The molecule has 0 spiro atoms. The average Bonchev–Trinajstić information content (AvgIpc) is 1.52. The van der Waals surface area contributed by atoms with Crippen LogP contribution in [-0.4, -0.2) is 17.8 Å². The van der Waals surface area contributed by atoms with Crippen LogP contribution in [0.5, 0.6) is 0 Å². The lowest BCUT2D eigenvalue weighted by atomic mass is 10.3. The number of rotatable bonds is 0. The fraction of sp³-hybridized carbons (Fsp3) is 0.800. The van der Waals surface area contributed by atoms with Crippen molar-refractivity contribution in [2.24, 2.45) is 16.6 Å². The van der Waals surface area contributed by atoms with E-state index >= 15 is 0 Å². The third-order valence-corrected chi connectivity index (χ3v) is 1.99. The van der Waals surface area contributed by atoms with Crippen LogP contribution in [0.4, 0.5) is 0 Å². The molecule has 3 unspecified atom stereocenters. The Bertz CT molecular complexity index is 123. The Hall–Kier alpha value is -0.370. The van der Waals surface area contributed by atoms with Crippen LogP contribution >= 0.6 is 0 Å². The summed E-state index contributed by atoms with van der Waals surface area (Å²) in [7, 11) is 0. The standard InChI is InChI=1S/C5H8N2/c1-5(6)3-2-7-4(3)5/h2-4H,6H2,1H3. The normalized spacial score (nSPS) is 63.7. The van der Waals surface area contributed by atoms with Gasteiger partial charge in [-0.2, -0.15) is 0 Å². The van der Waals surface area contributed by atoms with Crippen molar-refractivity contribution in [1.82, 2.24) is 0 Å². The van der Waals surface area contributed by atoms with E-state index in [0.29, 0.717) is 12.0 Å². The molecular weight excluding hydrogens is 88.1 g/mol. The lowest BCUT2D eigenvalue weighted by Gasteiger charge is -1.91. The predicted octanol–water partition coefficient (Wildman–Crippen LogP) is -0.213. The van der Waals surface area contributed by atoms with Gasteiger partial charge in [0.05, 0.1) is 6.04 Å². The second-order valence-electron chi connectivity index (χ2n) is 2.63. The van der Waals surface area contributed by atoms with Gasteiger partial charge >= 0.3 is 0 Å². The van der Waals surface area contributed by atoms with E-state index in [4.69, 9.17) is 5.73 Å². The van der Waals surface area contributed by atoms with E-state index in [2.05, 4.69) is 11.9 Å². The minimum atomic E-state index is 0.0556. The van der Waals surface area contributed by atoms with Crippen molar-refractivity contribution in [3.05, 3.63) is 0 Å². The third-order valence-electron chi connectivity index (χ3n) is 1.99. The molecule has 2 heteroatoms. The lowest BCUT2D eigenvalue weighted by molar-refractivity contribution is 0.725. The lowest BCUT2D eigenvalue weighted by Crippen LogP contribution is -2.20. The van der Waals surface area contributed by atoms with E-state index in [9.17, 15) is 0 Å².